The van der Waals surface area contributed by atoms with Crippen molar-refractivity contribution in [3.63, 3.8) is 0 Å². The number of hydrogen-bond acceptors (Lipinski definition) is 5. The molecule has 0 bridgehead atoms. The molecule has 0 amide bonds. The lowest BCUT2D eigenvalue weighted by molar-refractivity contribution is 0.867. The summed E-state index contributed by atoms with van der Waals surface area (Å²) in [6.45, 7) is 1.91. The van der Waals surface area contributed by atoms with Crippen LogP contribution in [-0.2, 0) is 0 Å². The van der Waals surface area contributed by atoms with E-state index in [4.69, 9.17) is 0 Å². The van der Waals surface area contributed by atoms with Crippen molar-refractivity contribution >= 4 is 16.9 Å². The van der Waals surface area contributed by atoms with Gasteiger partial charge in [0.2, 0.25) is 0 Å². The van der Waals surface area contributed by atoms with Gasteiger partial charge in [-0.3, -0.25) is 0 Å². The Kier molecular flexibility index (Phi) is 1.91. The van der Waals surface area contributed by atoms with Gasteiger partial charge in [-0.05, 0) is 19.1 Å². The third-order valence-corrected chi connectivity index (χ3v) is 3.00. The van der Waals surface area contributed by atoms with Crippen LogP contribution in [-0.4, -0.2) is 34.6 Å². The minimum atomic E-state index is 0.463. The van der Waals surface area contributed by atoms with Crippen LogP contribution in [0.5, 0.6) is 0 Å². The van der Waals surface area contributed by atoms with Crippen LogP contribution in [0.4, 0.5) is 0 Å². The molecule has 0 saturated heterocycles. The van der Waals surface area contributed by atoms with Crippen LogP contribution < -0.4 is 0 Å². The Bertz CT molecular complexity index is 875. The van der Waals surface area contributed by atoms with E-state index in [9.17, 15) is 0 Å². The van der Waals surface area contributed by atoms with Crippen molar-refractivity contribution in [2.24, 2.45) is 0 Å². The first-order chi connectivity index (χ1) is 9.34. The first-order valence-corrected chi connectivity index (χ1v) is 5.82. The zero-order valence-electron chi connectivity index (χ0n) is 10.1. The Morgan fingerprint density at radius 1 is 1.00 bits per heavy atom. The van der Waals surface area contributed by atoms with Gasteiger partial charge in [-0.25, -0.2) is 9.08 Å². The van der Waals surface area contributed by atoms with Gasteiger partial charge in [-0.2, -0.15) is 5.10 Å². The zero-order valence-corrected chi connectivity index (χ0v) is 10.1. The lowest BCUT2D eigenvalue weighted by Gasteiger charge is -2.03. The third-order valence-electron chi connectivity index (χ3n) is 3.00. The molecule has 4 aromatic rings. The number of fused-ring (bicyclic) bond motifs is 3. The highest BCUT2D eigenvalue weighted by molar-refractivity contribution is 5.76. The molecule has 0 unspecified atom stereocenters. The molecule has 0 aliphatic carbocycles. The lowest BCUT2D eigenvalue weighted by atomic mass is 10.3. The molecule has 0 fully saturated rings. The molecule has 7 heteroatoms. The minimum Gasteiger partial charge on any atom is -0.246 e. The fraction of sp³-hybridized carbons (Fsp3) is 0.0833. The molecular weight excluding hydrogens is 242 g/mol. The first-order valence-electron chi connectivity index (χ1n) is 5.82. The number of aromatic nitrogens is 7. The molecule has 7 nitrogen and oxygen atoms in total. The fourth-order valence-electron chi connectivity index (χ4n) is 2.13. The number of aryl methyl sites for hydroxylation is 1. The molecule has 0 atom stereocenters. The molecule has 0 N–H and O–H groups in total. The molecule has 19 heavy (non-hydrogen) atoms. The Balaban J connectivity index is 2.19. The van der Waals surface area contributed by atoms with Crippen molar-refractivity contribution < 1.29 is 0 Å². The van der Waals surface area contributed by atoms with Gasteiger partial charge in [0.15, 0.2) is 11.2 Å². The van der Waals surface area contributed by atoms with Gasteiger partial charge in [0, 0.05) is 0 Å². The van der Waals surface area contributed by atoms with Crippen molar-refractivity contribution in [3.05, 3.63) is 42.4 Å². The van der Waals surface area contributed by atoms with Crippen molar-refractivity contribution in [1.29, 1.82) is 0 Å². The number of hydrogen-bond donors (Lipinski definition) is 0. The molecule has 0 radical (unpaired) electrons. The SMILES string of the molecule is Cc1nn(-c2ccccc2)c2c1nnc1nncn12. The summed E-state index contributed by atoms with van der Waals surface area (Å²) < 4.78 is 3.62. The molecule has 0 aliphatic heterocycles. The van der Waals surface area contributed by atoms with E-state index >= 15 is 0 Å². The minimum absolute atomic E-state index is 0.463. The average Bonchev–Trinajstić information content (AvgIpc) is 3.04. The molecule has 3 heterocycles. The average molecular weight is 251 g/mol. The Morgan fingerprint density at radius 2 is 1.84 bits per heavy atom. The highest BCUT2D eigenvalue weighted by Gasteiger charge is 2.15. The largest absolute Gasteiger partial charge is 0.275 e. The Morgan fingerprint density at radius 3 is 2.68 bits per heavy atom. The molecule has 92 valence electrons. The van der Waals surface area contributed by atoms with Gasteiger partial charge in [0.05, 0.1) is 11.4 Å². The molecule has 0 saturated carbocycles. The van der Waals surface area contributed by atoms with Gasteiger partial charge in [-0.1, -0.05) is 18.2 Å². The summed E-state index contributed by atoms with van der Waals surface area (Å²) in [5.74, 6) is 0.463. The maximum atomic E-state index is 4.53. The number of benzene rings is 1. The van der Waals surface area contributed by atoms with Gasteiger partial charge in [0.1, 0.15) is 6.33 Å². The van der Waals surface area contributed by atoms with Gasteiger partial charge < -0.3 is 0 Å². The first kappa shape index (κ1) is 10.1. The van der Waals surface area contributed by atoms with Crippen molar-refractivity contribution in [1.82, 2.24) is 34.6 Å². The summed E-state index contributed by atoms with van der Waals surface area (Å²) in [6.07, 6.45) is 1.62. The lowest BCUT2D eigenvalue weighted by Crippen LogP contribution is -2.01. The second kappa shape index (κ2) is 3.58. The summed E-state index contributed by atoms with van der Waals surface area (Å²) in [5, 5.41) is 20.5. The molecule has 1 aromatic carbocycles. The molecule has 3 aromatic heterocycles. The number of nitrogens with zero attached hydrogens (tertiary/aromatic N) is 7. The van der Waals surface area contributed by atoms with E-state index in [-0.39, 0.29) is 0 Å². The van der Waals surface area contributed by atoms with E-state index < -0.39 is 0 Å². The van der Waals surface area contributed by atoms with Gasteiger partial charge in [0.25, 0.3) is 5.78 Å². The summed E-state index contributed by atoms with van der Waals surface area (Å²) in [6, 6.07) is 9.88. The molecular formula is C12H9N7. The van der Waals surface area contributed by atoms with Crippen LogP contribution in [0, 0.1) is 6.92 Å². The molecule has 4 rings (SSSR count). The summed E-state index contributed by atoms with van der Waals surface area (Å²) in [7, 11) is 0. The maximum absolute atomic E-state index is 4.53. The Hall–Kier alpha value is -2.83. The number of rotatable bonds is 1. The van der Waals surface area contributed by atoms with Crippen LogP contribution in [0.1, 0.15) is 5.69 Å². The van der Waals surface area contributed by atoms with Crippen LogP contribution >= 0.6 is 0 Å². The van der Waals surface area contributed by atoms with E-state index in [0.29, 0.717) is 5.78 Å². The summed E-state index contributed by atoms with van der Waals surface area (Å²) in [5.41, 5.74) is 3.35. The van der Waals surface area contributed by atoms with E-state index in [0.717, 1.165) is 22.5 Å². The normalized spacial score (nSPS) is 11.4. The topological polar surface area (TPSA) is 73.8 Å². The van der Waals surface area contributed by atoms with E-state index in [2.05, 4.69) is 25.5 Å². The highest BCUT2D eigenvalue weighted by atomic mass is 15.4. The predicted octanol–water partition coefficient (Wildman–Crippen LogP) is 1.17. The summed E-state index contributed by atoms with van der Waals surface area (Å²) in [4.78, 5) is 0. The highest BCUT2D eigenvalue weighted by Crippen LogP contribution is 2.19. The smallest absolute Gasteiger partial charge is 0.246 e. The maximum Gasteiger partial charge on any atom is 0.275 e. The Labute approximate surface area is 107 Å². The van der Waals surface area contributed by atoms with Crippen LogP contribution in [0.15, 0.2) is 36.7 Å². The van der Waals surface area contributed by atoms with Crippen molar-refractivity contribution in [2.75, 3.05) is 0 Å². The monoisotopic (exact) mass is 251 g/mol. The van der Waals surface area contributed by atoms with E-state index in [1.165, 1.54) is 0 Å². The van der Waals surface area contributed by atoms with E-state index in [1.54, 1.807) is 10.7 Å². The van der Waals surface area contributed by atoms with E-state index in [1.807, 2.05) is 41.9 Å². The second-order valence-corrected chi connectivity index (χ2v) is 4.21. The molecule has 0 spiro atoms. The van der Waals surface area contributed by atoms with Gasteiger partial charge in [-0.15, -0.1) is 20.4 Å². The van der Waals surface area contributed by atoms with Crippen molar-refractivity contribution in [2.45, 2.75) is 6.92 Å². The van der Waals surface area contributed by atoms with Crippen LogP contribution in [0.3, 0.4) is 0 Å². The zero-order chi connectivity index (χ0) is 12.8. The second-order valence-electron chi connectivity index (χ2n) is 4.21. The molecule has 0 aliphatic rings. The fourth-order valence-corrected chi connectivity index (χ4v) is 2.13. The standard InChI is InChI=1S/C12H9N7/c1-8-10-11(18-7-13-15-12(18)16-14-10)19(17-8)9-5-3-2-4-6-9/h2-7H,1H3. The van der Waals surface area contributed by atoms with Gasteiger partial charge >= 0.3 is 0 Å². The van der Waals surface area contributed by atoms with Crippen LogP contribution in [0.25, 0.3) is 22.6 Å². The quantitative estimate of drug-likeness (QED) is 0.507. The summed E-state index contributed by atoms with van der Waals surface area (Å²) >= 11 is 0. The predicted molar refractivity (Wildman–Crippen MR) is 67.9 cm³/mol. The third kappa shape index (κ3) is 1.35. The number of para-hydroxylation sites is 1. The van der Waals surface area contributed by atoms with Crippen LogP contribution in [0.2, 0.25) is 0 Å². The van der Waals surface area contributed by atoms with Crippen molar-refractivity contribution in [3.8, 4) is 5.69 Å².